The van der Waals surface area contributed by atoms with Crippen molar-refractivity contribution in [1.29, 1.82) is 0 Å². The van der Waals surface area contributed by atoms with Crippen molar-refractivity contribution >= 4 is 28.4 Å². The van der Waals surface area contributed by atoms with E-state index in [1.54, 1.807) is 0 Å². The van der Waals surface area contributed by atoms with Gasteiger partial charge in [-0.2, -0.15) is 0 Å². The van der Waals surface area contributed by atoms with Gasteiger partial charge in [0.1, 0.15) is 17.5 Å². The van der Waals surface area contributed by atoms with Gasteiger partial charge in [0.25, 0.3) is 0 Å². The molecule has 1 aliphatic rings. The van der Waals surface area contributed by atoms with Crippen LogP contribution in [0.3, 0.4) is 0 Å². The Morgan fingerprint density at radius 3 is 2.64 bits per heavy atom. The van der Waals surface area contributed by atoms with E-state index in [4.69, 9.17) is 0 Å². The number of rotatable bonds is 4. The molecule has 7 nitrogen and oxygen atoms in total. The number of hydrogen-bond donors (Lipinski definition) is 1. The lowest BCUT2D eigenvalue weighted by Crippen LogP contribution is -2.49. The number of benzene rings is 1. The van der Waals surface area contributed by atoms with Crippen LogP contribution in [0, 0.1) is 6.92 Å². The number of aromatic nitrogens is 3. The van der Waals surface area contributed by atoms with Gasteiger partial charge in [0.15, 0.2) is 0 Å². The van der Waals surface area contributed by atoms with Crippen molar-refractivity contribution in [2.24, 2.45) is 0 Å². The lowest BCUT2D eigenvalue weighted by molar-refractivity contribution is -0.130. The molecule has 1 aliphatic heterocycles. The molecule has 0 radical (unpaired) electrons. The summed E-state index contributed by atoms with van der Waals surface area (Å²) in [5, 5.41) is 1.13. The van der Waals surface area contributed by atoms with Gasteiger partial charge in [0, 0.05) is 63.4 Å². The van der Waals surface area contributed by atoms with Gasteiger partial charge in [-0.25, -0.2) is 9.97 Å². The second-order valence-corrected chi connectivity index (χ2v) is 7.43. The first-order chi connectivity index (χ1) is 13.5. The molecule has 4 rings (SSSR count). The Morgan fingerprint density at radius 1 is 1.14 bits per heavy atom. The van der Waals surface area contributed by atoms with Gasteiger partial charge < -0.3 is 19.7 Å². The molecule has 1 aromatic carbocycles. The lowest BCUT2D eigenvalue weighted by atomic mass is 10.1. The highest BCUT2D eigenvalue weighted by atomic mass is 16.2. The van der Waals surface area contributed by atoms with Crippen LogP contribution >= 0.6 is 0 Å². The van der Waals surface area contributed by atoms with E-state index in [0.717, 1.165) is 47.0 Å². The summed E-state index contributed by atoms with van der Waals surface area (Å²) in [6.07, 6.45) is 2.38. The number of H-pyrrole nitrogens is 1. The zero-order chi connectivity index (χ0) is 19.7. The number of para-hydroxylation sites is 1. The number of nitrogens with one attached hydrogen (secondary N) is 1. The molecule has 0 spiro atoms. The normalized spacial score (nSPS) is 14.5. The summed E-state index contributed by atoms with van der Waals surface area (Å²) in [6, 6.07) is 10.1. The van der Waals surface area contributed by atoms with Crippen LogP contribution in [0.5, 0.6) is 0 Å². The molecule has 1 amide bonds. The third-order valence-corrected chi connectivity index (χ3v) is 5.24. The summed E-state index contributed by atoms with van der Waals surface area (Å²) >= 11 is 0. The quantitative estimate of drug-likeness (QED) is 0.754. The van der Waals surface area contributed by atoms with Gasteiger partial charge >= 0.3 is 0 Å². The van der Waals surface area contributed by atoms with E-state index in [1.807, 2.05) is 61.3 Å². The maximum Gasteiger partial charge on any atom is 0.227 e. The highest BCUT2D eigenvalue weighted by Crippen LogP contribution is 2.21. The Morgan fingerprint density at radius 2 is 1.89 bits per heavy atom. The predicted molar refractivity (Wildman–Crippen MR) is 112 cm³/mol. The number of piperazine rings is 1. The van der Waals surface area contributed by atoms with Crippen LogP contribution in [0.25, 0.3) is 10.9 Å². The molecule has 1 fully saturated rings. The van der Waals surface area contributed by atoms with E-state index in [2.05, 4.69) is 25.9 Å². The summed E-state index contributed by atoms with van der Waals surface area (Å²) in [5.74, 6) is 2.77. The number of fused-ring (bicyclic) bond motifs is 1. The molecule has 3 aromatic rings. The van der Waals surface area contributed by atoms with Crippen LogP contribution in [-0.4, -0.2) is 66.0 Å². The molecule has 146 valence electrons. The minimum atomic E-state index is 0.178. The highest BCUT2D eigenvalue weighted by molar-refractivity contribution is 5.89. The fraction of sp³-hybridized carbons (Fsp3) is 0.381. The number of aryl methyl sites for hydroxylation is 1. The van der Waals surface area contributed by atoms with Crippen LogP contribution in [0.2, 0.25) is 0 Å². The topological polar surface area (TPSA) is 68.4 Å². The third kappa shape index (κ3) is 3.65. The molecule has 28 heavy (non-hydrogen) atoms. The van der Waals surface area contributed by atoms with Gasteiger partial charge in [0.05, 0.1) is 6.42 Å². The molecule has 0 unspecified atom stereocenters. The molecular weight excluding hydrogens is 352 g/mol. The van der Waals surface area contributed by atoms with Crippen LogP contribution in [-0.2, 0) is 11.2 Å². The van der Waals surface area contributed by atoms with Crippen LogP contribution in [0.1, 0.15) is 11.4 Å². The molecule has 0 aliphatic carbocycles. The first kappa shape index (κ1) is 18.3. The fourth-order valence-corrected chi connectivity index (χ4v) is 3.67. The maximum atomic E-state index is 12.8. The monoisotopic (exact) mass is 378 g/mol. The minimum absolute atomic E-state index is 0.178. The molecule has 1 saturated heterocycles. The minimum Gasteiger partial charge on any atom is -0.363 e. The highest BCUT2D eigenvalue weighted by Gasteiger charge is 2.23. The smallest absolute Gasteiger partial charge is 0.227 e. The average molecular weight is 378 g/mol. The number of aromatic amines is 1. The Kier molecular flexibility index (Phi) is 4.90. The molecule has 0 saturated carbocycles. The summed E-state index contributed by atoms with van der Waals surface area (Å²) in [4.78, 5) is 31.3. The van der Waals surface area contributed by atoms with Crippen molar-refractivity contribution in [3.05, 3.63) is 47.9 Å². The van der Waals surface area contributed by atoms with E-state index in [-0.39, 0.29) is 5.91 Å². The fourth-order valence-electron chi connectivity index (χ4n) is 3.67. The third-order valence-electron chi connectivity index (χ3n) is 5.24. The Balaban J connectivity index is 1.41. The zero-order valence-corrected chi connectivity index (χ0v) is 16.6. The van der Waals surface area contributed by atoms with Crippen molar-refractivity contribution in [2.75, 3.05) is 50.1 Å². The van der Waals surface area contributed by atoms with E-state index < -0.39 is 0 Å². The van der Waals surface area contributed by atoms with Crippen LogP contribution in [0.4, 0.5) is 11.6 Å². The second kappa shape index (κ2) is 7.50. The van der Waals surface area contributed by atoms with Gasteiger partial charge in [-0.05, 0) is 18.6 Å². The lowest BCUT2D eigenvalue weighted by Gasteiger charge is -2.35. The number of nitrogens with zero attached hydrogens (tertiary/aromatic N) is 5. The van der Waals surface area contributed by atoms with E-state index in [0.29, 0.717) is 19.5 Å². The summed E-state index contributed by atoms with van der Waals surface area (Å²) in [6.45, 7) is 4.90. The van der Waals surface area contributed by atoms with E-state index in [9.17, 15) is 4.79 Å². The van der Waals surface area contributed by atoms with Crippen molar-refractivity contribution in [1.82, 2.24) is 19.9 Å². The van der Waals surface area contributed by atoms with Crippen molar-refractivity contribution < 1.29 is 4.79 Å². The number of carbonyl (C=O) groups excluding carboxylic acids is 1. The van der Waals surface area contributed by atoms with Crippen molar-refractivity contribution in [3.63, 3.8) is 0 Å². The molecular formula is C21H26N6O. The number of anilines is 2. The molecule has 2 aromatic heterocycles. The Labute approximate surface area is 165 Å². The van der Waals surface area contributed by atoms with Crippen molar-refractivity contribution in [2.45, 2.75) is 13.3 Å². The molecule has 1 N–H and O–H groups in total. The maximum absolute atomic E-state index is 12.8. The van der Waals surface area contributed by atoms with Gasteiger partial charge in [-0.15, -0.1) is 0 Å². The number of amides is 1. The number of hydrogen-bond acceptors (Lipinski definition) is 5. The van der Waals surface area contributed by atoms with Crippen LogP contribution in [0.15, 0.2) is 36.5 Å². The molecule has 7 heteroatoms. The zero-order valence-electron chi connectivity index (χ0n) is 16.6. The predicted octanol–water partition coefficient (Wildman–Crippen LogP) is 2.22. The first-order valence-corrected chi connectivity index (χ1v) is 9.62. The largest absolute Gasteiger partial charge is 0.363 e. The Bertz CT molecular complexity index is 987. The first-order valence-electron chi connectivity index (χ1n) is 9.62. The SMILES string of the molecule is Cc1nc(N(C)C)cc(N2CCN(C(=O)Cc3c[nH]c4ccccc34)CC2)n1. The molecule has 3 heterocycles. The van der Waals surface area contributed by atoms with Gasteiger partial charge in [-0.3, -0.25) is 4.79 Å². The summed E-state index contributed by atoms with van der Waals surface area (Å²) in [7, 11) is 3.96. The standard InChI is InChI=1S/C21H26N6O/c1-15-23-19(25(2)3)13-20(24-15)26-8-10-27(11-9-26)21(28)12-16-14-22-18-7-5-4-6-17(16)18/h4-7,13-14,22H,8-12H2,1-3H3. The Hall–Kier alpha value is -3.09. The van der Waals surface area contributed by atoms with Gasteiger partial charge in [0.2, 0.25) is 5.91 Å². The second-order valence-electron chi connectivity index (χ2n) is 7.43. The molecule has 0 bridgehead atoms. The summed E-state index contributed by atoms with van der Waals surface area (Å²) < 4.78 is 0. The molecule has 0 atom stereocenters. The van der Waals surface area contributed by atoms with Crippen molar-refractivity contribution in [3.8, 4) is 0 Å². The number of carbonyl (C=O) groups is 1. The van der Waals surface area contributed by atoms with E-state index >= 15 is 0 Å². The average Bonchev–Trinajstić information content (AvgIpc) is 3.10. The summed E-state index contributed by atoms with van der Waals surface area (Å²) in [5.41, 5.74) is 2.14. The van der Waals surface area contributed by atoms with E-state index in [1.165, 1.54) is 0 Å². The van der Waals surface area contributed by atoms with Crippen LogP contribution < -0.4 is 9.80 Å². The van der Waals surface area contributed by atoms with Gasteiger partial charge in [-0.1, -0.05) is 18.2 Å².